The third kappa shape index (κ3) is 1.04. The van der Waals surface area contributed by atoms with Gasteiger partial charge in [-0.25, -0.2) is 8.42 Å². The van der Waals surface area contributed by atoms with Crippen molar-refractivity contribution in [2.75, 3.05) is 11.5 Å². The summed E-state index contributed by atoms with van der Waals surface area (Å²) in [5.41, 5.74) is 5.36. The van der Waals surface area contributed by atoms with Gasteiger partial charge in [0.2, 0.25) is 0 Å². The fourth-order valence-electron chi connectivity index (χ4n) is 1.58. The Hall–Kier alpha value is 0.200. The number of hydrogen-bond donors (Lipinski definition) is 1. The molecule has 0 aromatic rings. The van der Waals surface area contributed by atoms with Crippen molar-refractivity contribution < 1.29 is 8.42 Å². The Morgan fingerprint density at radius 3 is 2.30 bits per heavy atom. The zero-order chi connectivity index (χ0) is 6.70. The van der Waals surface area contributed by atoms with Crippen LogP contribution in [0.25, 0.3) is 0 Å². The van der Waals surface area contributed by atoms with E-state index in [9.17, 15) is 8.42 Å². The molecular weight excluding hydrogens is 174 g/mol. The molecule has 0 aromatic heterocycles. The standard InChI is InChI=1S/C5H9NO2S.ClH/c6-5-1-4(5)2-9(7,8)3-5;/h4H,1-3,6H2;1H. The first-order valence-electron chi connectivity index (χ1n) is 3.01. The number of nitrogens with two attached hydrogens (primary N) is 1. The fraction of sp³-hybridized carbons (Fsp3) is 1.00. The Kier molecular flexibility index (Phi) is 1.55. The lowest BCUT2D eigenvalue weighted by molar-refractivity contribution is 0.595. The molecule has 0 bridgehead atoms. The zero-order valence-electron chi connectivity index (χ0n) is 5.41. The Bertz CT molecular complexity index is 250. The predicted octanol–water partition coefficient (Wildman–Crippen LogP) is -0.446. The van der Waals surface area contributed by atoms with Crippen LogP contribution in [-0.4, -0.2) is 25.5 Å². The Morgan fingerprint density at radius 2 is 2.10 bits per heavy atom. The quantitative estimate of drug-likeness (QED) is 0.554. The minimum atomic E-state index is -2.73. The molecule has 2 aliphatic rings. The van der Waals surface area contributed by atoms with E-state index in [0.717, 1.165) is 6.42 Å². The van der Waals surface area contributed by atoms with E-state index >= 15 is 0 Å². The van der Waals surface area contributed by atoms with Gasteiger partial charge in [0.15, 0.2) is 9.84 Å². The van der Waals surface area contributed by atoms with Crippen LogP contribution in [-0.2, 0) is 9.84 Å². The number of sulfone groups is 1. The van der Waals surface area contributed by atoms with Crippen LogP contribution in [0.2, 0.25) is 0 Å². The van der Waals surface area contributed by atoms with Gasteiger partial charge in [-0.3, -0.25) is 0 Å². The molecule has 2 atom stereocenters. The summed E-state index contributed by atoms with van der Waals surface area (Å²) in [6.45, 7) is 0. The molecule has 1 heterocycles. The third-order valence-electron chi connectivity index (χ3n) is 2.22. The molecule has 0 spiro atoms. The summed E-state index contributed by atoms with van der Waals surface area (Å²) >= 11 is 0. The van der Waals surface area contributed by atoms with E-state index in [2.05, 4.69) is 0 Å². The second-order valence-corrected chi connectivity index (χ2v) is 5.30. The van der Waals surface area contributed by atoms with Crippen molar-refractivity contribution in [3.63, 3.8) is 0 Å². The van der Waals surface area contributed by atoms with E-state index in [4.69, 9.17) is 5.73 Å². The molecule has 5 heteroatoms. The monoisotopic (exact) mass is 183 g/mol. The van der Waals surface area contributed by atoms with Gasteiger partial charge in [0.25, 0.3) is 0 Å². The smallest absolute Gasteiger partial charge is 0.152 e. The lowest BCUT2D eigenvalue weighted by Gasteiger charge is -1.98. The molecule has 1 aliphatic carbocycles. The summed E-state index contributed by atoms with van der Waals surface area (Å²) in [6.07, 6.45) is 0.923. The Morgan fingerprint density at radius 1 is 1.50 bits per heavy atom. The second kappa shape index (κ2) is 1.87. The molecule has 10 heavy (non-hydrogen) atoms. The maximum atomic E-state index is 10.8. The first-order valence-corrected chi connectivity index (χ1v) is 4.83. The summed E-state index contributed by atoms with van der Waals surface area (Å²) in [4.78, 5) is 0. The average Bonchev–Trinajstić information content (AvgIpc) is 2.03. The van der Waals surface area contributed by atoms with Crippen molar-refractivity contribution in [2.45, 2.75) is 12.0 Å². The molecule has 60 valence electrons. The molecule has 1 saturated heterocycles. The van der Waals surface area contributed by atoms with E-state index in [-0.39, 0.29) is 23.7 Å². The van der Waals surface area contributed by atoms with Crippen molar-refractivity contribution in [3.8, 4) is 0 Å². The van der Waals surface area contributed by atoms with Crippen molar-refractivity contribution in [3.05, 3.63) is 0 Å². The van der Waals surface area contributed by atoms with Gasteiger partial charge in [-0.1, -0.05) is 0 Å². The van der Waals surface area contributed by atoms with Crippen LogP contribution in [0, 0.1) is 5.92 Å². The topological polar surface area (TPSA) is 60.2 Å². The van der Waals surface area contributed by atoms with E-state index in [1.165, 1.54) is 0 Å². The number of rotatable bonds is 0. The predicted molar refractivity (Wildman–Crippen MR) is 40.9 cm³/mol. The molecule has 0 amide bonds. The highest BCUT2D eigenvalue weighted by molar-refractivity contribution is 7.91. The second-order valence-electron chi connectivity index (χ2n) is 3.19. The number of halogens is 1. The van der Waals surface area contributed by atoms with Gasteiger partial charge < -0.3 is 5.73 Å². The maximum absolute atomic E-state index is 10.8. The zero-order valence-corrected chi connectivity index (χ0v) is 7.04. The normalized spacial score (nSPS) is 47.5. The average molecular weight is 184 g/mol. The molecule has 2 fully saturated rings. The minimum Gasteiger partial charge on any atom is -0.324 e. The minimum absolute atomic E-state index is 0. The maximum Gasteiger partial charge on any atom is 0.152 e. The molecule has 2 rings (SSSR count). The van der Waals surface area contributed by atoms with Crippen LogP contribution in [0.3, 0.4) is 0 Å². The van der Waals surface area contributed by atoms with Crippen LogP contribution >= 0.6 is 12.4 Å². The van der Waals surface area contributed by atoms with Gasteiger partial charge in [-0.2, -0.15) is 0 Å². The van der Waals surface area contributed by atoms with Crippen LogP contribution in [0.4, 0.5) is 0 Å². The number of hydrogen-bond acceptors (Lipinski definition) is 3. The fourth-order valence-corrected chi connectivity index (χ4v) is 3.93. The first-order chi connectivity index (χ1) is 4.02. The van der Waals surface area contributed by atoms with E-state index in [0.29, 0.717) is 11.7 Å². The van der Waals surface area contributed by atoms with E-state index in [1.54, 1.807) is 0 Å². The SMILES string of the molecule is Cl.NC12CC1CS(=O)(=O)C2. The summed E-state index contributed by atoms with van der Waals surface area (Å²) in [7, 11) is -2.73. The first kappa shape index (κ1) is 8.30. The summed E-state index contributed by atoms with van der Waals surface area (Å²) < 4.78 is 21.6. The van der Waals surface area contributed by atoms with Crippen molar-refractivity contribution in [2.24, 2.45) is 11.7 Å². The molecule has 2 N–H and O–H groups in total. The van der Waals surface area contributed by atoms with Crippen molar-refractivity contribution in [1.29, 1.82) is 0 Å². The van der Waals surface area contributed by atoms with Crippen molar-refractivity contribution in [1.82, 2.24) is 0 Å². The molecule has 0 aromatic carbocycles. The highest BCUT2D eigenvalue weighted by Crippen LogP contribution is 2.48. The number of fused-ring (bicyclic) bond motifs is 1. The van der Waals surface area contributed by atoms with Crippen LogP contribution in [0.15, 0.2) is 0 Å². The molecular formula is C5H10ClNO2S. The molecule has 3 nitrogen and oxygen atoms in total. The molecule has 0 radical (unpaired) electrons. The van der Waals surface area contributed by atoms with Gasteiger partial charge in [-0.05, 0) is 12.3 Å². The highest BCUT2D eigenvalue weighted by Gasteiger charge is 2.60. The van der Waals surface area contributed by atoms with E-state index < -0.39 is 9.84 Å². The van der Waals surface area contributed by atoms with Crippen molar-refractivity contribution >= 4 is 22.2 Å². The molecule has 1 saturated carbocycles. The highest BCUT2D eigenvalue weighted by atomic mass is 35.5. The largest absolute Gasteiger partial charge is 0.324 e. The lowest BCUT2D eigenvalue weighted by atomic mass is 10.3. The van der Waals surface area contributed by atoms with Gasteiger partial charge >= 0.3 is 0 Å². The summed E-state index contributed by atoms with van der Waals surface area (Å²) in [5, 5.41) is 0. The van der Waals surface area contributed by atoms with Crippen LogP contribution in [0.1, 0.15) is 6.42 Å². The van der Waals surface area contributed by atoms with Gasteiger partial charge in [-0.15, -0.1) is 12.4 Å². The van der Waals surface area contributed by atoms with Crippen LogP contribution in [0.5, 0.6) is 0 Å². The van der Waals surface area contributed by atoms with Gasteiger partial charge in [0.1, 0.15) is 0 Å². The lowest BCUT2D eigenvalue weighted by Crippen LogP contribution is -2.27. The third-order valence-corrected chi connectivity index (χ3v) is 4.11. The van der Waals surface area contributed by atoms with Crippen LogP contribution < -0.4 is 5.73 Å². The summed E-state index contributed by atoms with van der Waals surface area (Å²) in [5.74, 6) is 0.858. The van der Waals surface area contributed by atoms with E-state index in [1.807, 2.05) is 0 Å². The Balaban J connectivity index is 0.000000500. The molecule has 2 unspecified atom stereocenters. The Labute approximate surface area is 66.3 Å². The molecule has 1 aliphatic heterocycles. The summed E-state index contributed by atoms with van der Waals surface area (Å²) in [6, 6.07) is 0. The van der Waals surface area contributed by atoms with Gasteiger partial charge in [0, 0.05) is 5.54 Å². The van der Waals surface area contributed by atoms with Gasteiger partial charge in [0.05, 0.1) is 11.5 Å².